The Kier molecular flexibility index (Phi) is 33.6. The third kappa shape index (κ3) is 31.2. The highest BCUT2D eigenvalue weighted by atomic mass is 32.2. The van der Waals surface area contributed by atoms with Gasteiger partial charge in [0.1, 0.15) is 36.8 Å². The second kappa shape index (κ2) is 36.3. The van der Waals surface area contributed by atoms with Crippen LogP contribution in [0, 0.1) is 0 Å². The molecule has 6 atom stereocenters. The number of rotatable bonds is 37. The molecular weight excluding hydrogens is 777 g/mol. The smallest absolute Gasteiger partial charge is 0.306 e. The number of hydrogen-bond acceptors (Lipinski definition) is 11. The van der Waals surface area contributed by atoms with Gasteiger partial charge in [-0.05, 0) is 51.4 Å². The minimum atomic E-state index is -4.61. The number of esters is 2. The van der Waals surface area contributed by atoms with E-state index in [0.717, 1.165) is 70.6 Å². The third-order valence-corrected chi connectivity index (χ3v) is 10.9. The molecule has 1 heterocycles. The topological polar surface area (TPSA) is 186 Å². The number of hydrogen-bond donors (Lipinski definition) is 4. The minimum Gasteiger partial charge on any atom is -0.462 e. The van der Waals surface area contributed by atoms with Crippen LogP contribution < -0.4 is 0 Å². The first kappa shape index (κ1) is 54.6. The van der Waals surface area contributed by atoms with Gasteiger partial charge < -0.3 is 34.3 Å². The standard InChI is InChI=1S/C46H80O12S/c1-3-5-7-9-11-13-15-17-19-20-21-23-25-27-29-31-33-35-42(48)57-39(37-56-46-45(51)44(50)43(49)40(58-46)38-59(52,53)54)36-55-41(47)34-32-30-28-26-24-22-18-16-14-12-10-8-6-4-2/h5,7,11,13,17,19,21,23,39-40,43-46,49-51H,3-4,6,8-10,12,14-16,18,20,22,24-38H2,1-2H3,(H,52,53,54)/b7-5-,13-11-,19-17-,23-21-. The van der Waals surface area contributed by atoms with Crippen LogP contribution in [0.1, 0.15) is 174 Å². The molecule has 0 bridgehead atoms. The lowest BCUT2D eigenvalue weighted by molar-refractivity contribution is -0.297. The fourth-order valence-electron chi connectivity index (χ4n) is 6.67. The molecule has 0 saturated carbocycles. The van der Waals surface area contributed by atoms with E-state index in [1.54, 1.807) is 0 Å². The minimum absolute atomic E-state index is 0.136. The Morgan fingerprint density at radius 3 is 1.59 bits per heavy atom. The third-order valence-electron chi connectivity index (χ3n) is 10.2. The average Bonchev–Trinajstić information content (AvgIpc) is 3.20. The molecule has 4 N–H and O–H groups in total. The number of carbonyl (C=O) groups excluding carboxylic acids is 2. The van der Waals surface area contributed by atoms with Gasteiger partial charge in [-0.2, -0.15) is 8.42 Å². The molecular formula is C46H80O12S. The van der Waals surface area contributed by atoms with E-state index in [2.05, 4.69) is 62.5 Å². The number of aliphatic hydroxyl groups excluding tert-OH is 3. The van der Waals surface area contributed by atoms with Crippen molar-refractivity contribution in [2.45, 2.75) is 211 Å². The summed E-state index contributed by atoms with van der Waals surface area (Å²) in [6.45, 7) is 3.62. The molecule has 0 spiro atoms. The Bertz CT molecular complexity index is 1280. The first-order valence-corrected chi connectivity index (χ1v) is 24.3. The van der Waals surface area contributed by atoms with Gasteiger partial charge in [-0.15, -0.1) is 0 Å². The Labute approximate surface area is 356 Å². The van der Waals surface area contributed by atoms with Gasteiger partial charge in [0.2, 0.25) is 0 Å². The van der Waals surface area contributed by atoms with Gasteiger partial charge >= 0.3 is 11.9 Å². The normalized spacial score (nSPS) is 20.7. The van der Waals surface area contributed by atoms with Gasteiger partial charge in [0, 0.05) is 12.8 Å². The van der Waals surface area contributed by atoms with Gasteiger partial charge in [-0.25, -0.2) is 0 Å². The Morgan fingerprint density at radius 2 is 1.07 bits per heavy atom. The highest BCUT2D eigenvalue weighted by Gasteiger charge is 2.46. The first-order valence-electron chi connectivity index (χ1n) is 22.7. The fraction of sp³-hybridized carbons (Fsp3) is 0.783. The van der Waals surface area contributed by atoms with Crippen molar-refractivity contribution in [3.63, 3.8) is 0 Å². The van der Waals surface area contributed by atoms with E-state index in [9.17, 15) is 37.9 Å². The molecule has 0 radical (unpaired) electrons. The molecule has 1 aliphatic rings. The molecule has 0 aromatic heterocycles. The molecule has 59 heavy (non-hydrogen) atoms. The molecule has 1 rings (SSSR count). The second-order valence-electron chi connectivity index (χ2n) is 15.7. The quantitative estimate of drug-likeness (QED) is 0.0201. The monoisotopic (exact) mass is 857 g/mol. The zero-order valence-corrected chi connectivity index (χ0v) is 37.2. The zero-order chi connectivity index (χ0) is 43.4. The summed E-state index contributed by atoms with van der Waals surface area (Å²) in [5.41, 5.74) is 0. The van der Waals surface area contributed by atoms with E-state index in [-0.39, 0.29) is 19.4 Å². The van der Waals surface area contributed by atoms with Crippen molar-refractivity contribution in [3.8, 4) is 0 Å². The molecule has 342 valence electrons. The Morgan fingerprint density at radius 1 is 0.593 bits per heavy atom. The second-order valence-corrected chi connectivity index (χ2v) is 17.2. The van der Waals surface area contributed by atoms with E-state index >= 15 is 0 Å². The molecule has 13 heteroatoms. The number of allylic oxidation sites excluding steroid dienone is 8. The van der Waals surface area contributed by atoms with Gasteiger partial charge in [0.25, 0.3) is 10.1 Å². The maximum Gasteiger partial charge on any atom is 0.306 e. The van der Waals surface area contributed by atoms with Crippen LogP contribution in [0.5, 0.6) is 0 Å². The summed E-state index contributed by atoms with van der Waals surface area (Å²) in [5, 5.41) is 30.9. The molecule has 1 fully saturated rings. The van der Waals surface area contributed by atoms with Gasteiger partial charge in [0.15, 0.2) is 12.4 Å². The number of carbonyl (C=O) groups is 2. The zero-order valence-electron chi connectivity index (χ0n) is 36.3. The molecule has 0 amide bonds. The van der Waals surface area contributed by atoms with Crippen molar-refractivity contribution in [1.82, 2.24) is 0 Å². The van der Waals surface area contributed by atoms with E-state index in [4.69, 9.17) is 18.9 Å². The van der Waals surface area contributed by atoms with Crippen LogP contribution in [0.2, 0.25) is 0 Å². The predicted octanol–water partition coefficient (Wildman–Crippen LogP) is 9.17. The lowest BCUT2D eigenvalue weighted by atomic mass is 10.00. The van der Waals surface area contributed by atoms with E-state index < -0.39 is 71.2 Å². The van der Waals surface area contributed by atoms with Crippen LogP contribution in [-0.2, 0) is 38.7 Å². The fourth-order valence-corrected chi connectivity index (χ4v) is 7.36. The van der Waals surface area contributed by atoms with Crippen LogP contribution in [0.4, 0.5) is 0 Å². The molecule has 0 aromatic carbocycles. The van der Waals surface area contributed by atoms with Gasteiger partial charge in [-0.3, -0.25) is 14.1 Å². The van der Waals surface area contributed by atoms with Crippen LogP contribution in [0.3, 0.4) is 0 Å². The summed E-state index contributed by atoms with van der Waals surface area (Å²) in [5.74, 6) is -2.01. The average molecular weight is 857 g/mol. The first-order chi connectivity index (χ1) is 28.5. The van der Waals surface area contributed by atoms with E-state index in [1.165, 1.54) is 64.2 Å². The molecule has 1 saturated heterocycles. The summed E-state index contributed by atoms with van der Waals surface area (Å²) in [7, 11) is -4.61. The molecule has 0 aromatic rings. The highest BCUT2D eigenvalue weighted by molar-refractivity contribution is 7.85. The Hall–Kier alpha value is -2.39. The summed E-state index contributed by atoms with van der Waals surface area (Å²) in [6.07, 6.45) is 32.9. The van der Waals surface area contributed by atoms with Crippen LogP contribution >= 0.6 is 0 Å². The molecule has 1 aliphatic heterocycles. The van der Waals surface area contributed by atoms with Crippen molar-refractivity contribution in [3.05, 3.63) is 48.6 Å². The summed E-state index contributed by atoms with van der Waals surface area (Å²) in [4.78, 5) is 25.4. The van der Waals surface area contributed by atoms with Crippen LogP contribution in [0.15, 0.2) is 48.6 Å². The largest absolute Gasteiger partial charge is 0.462 e. The lowest BCUT2D eigenvalue weighted by Gasteiger charge is -2.40. The SMILES string of the molecule is CC/C=C\C/C=C\C/C=C\C/C=C\CCCCCCC(=O)OC(COC(=O)CCCCCCCCCCCCCCCC)COC1OC(CS(=O)(=O)O)C(O)C(O)C1O. The summed E-state index contributed by atoms with van der Waals surface area (Å²) < 4.78 is 54.0. The maximum absolute atomic E-state index is 12.8. The maximum atomic E-state index is 12.8. The predicted molar refractivity (Wildman–Crippen MR) is 233 cm³/mol. The number of unbranched alkanes of at least 4 members (excludes halogenated alkanes) is 17. The van der Waals surface area contributed by atoms with E-state index in [1.807, 2.05) is 0 Å². The van der Waals surface area contributed by atoms with Gasteiger partial charge in [0.05, 0.1) is 6.61 Å². The molecule has 12 nitrogen and oxygen atoms in total. The van der Waals surface area contributed by atoms with Crippen LogP contribution in [-0.4, -0.2) is 96.0 Å². The van der Waals surface area contributed by atoms with Crippen LogP contribution in [0.25, 0.3) is 0 Å². The Balaban J connectivity index is 2.47. The van der Waals surface area contributed by atoms with Crippen molar-refractivity contribution >= 4 is 22.1 Å². The molecule has 6 unspecified atom stereocenters. The number of ether oxygens (including phenoxy) is 4. The van der Waals surface area contributed by atoms with Crippen molar-refractivity contribution in [1.29, 1.82) is 0 Å². The highest BCUT2D eigenvalue weighted by Crippen LogP contribution is 2.24. The summed E-state index contributed by atoms with van der Waals surface area (Å²) in [6, 6.07) is 0. The van der Waals surface area contributed by atoms with Crippen molar-refractivity contribution in [2.24, 2.45) is 0 Å². The van der Waals surface area contributed by atoms with Crippen molar-refractivity contribution < 1.29 is 56.8 Å². The summed E-state index contributed by atoms with van der Waals surface area (Å²) >= 11 is 0. The van der Waals surface area contributed by atoms with Crippen molar-refractivity contribution in [2.75, 3.05) is 19.0 Å². The lowest BCUT2D eigenvalue weighted by Crippen LogP contribution is -2.60. The molecule has 0 aliphatic carbocycles. The van der Waals surface area contributed by atoms with E-state index in [0.29, 0.717) is 12.8 Å². The van der Waals surface area contributed by atoms with Gasteiger partial charge in [-0.1, -0.05) is 159 Å². The number of aliphatic hydroxyl groups is 3.